The van der Waals surface area contributed by atoms with E-state index in [2.05, 4.69) is 9.88 Å². The van der Waals surface area contributed by atoms with Crippen LogP contribution in [0, 0.1) is 0 Å². The molecule has 0 aliphatic heterocycles. The standard InChI is InChI=1S/C24H28ClN3O3/c1-3-31-23-11-9-21(10-12-23)26-24(29)28(14-15-30-2)18-22-8-5-13-27(22)17-19-6-4-7-20(25)16-19/h4-13,16H,3,14-15,17-18H2,1-2H3,(H,26,29). The van der Waals surface area contributed by atoms with Crippen molar-refractivity contribution in [1.29, 1.82) is 0 Å². The van der Waals surface area contributed by atoms with Crippen LogP contribution in [0.5, 0.6) is 5.75 Å². The first kappa shape index (κ1) is 22.7. The Bertz CT molecular complexity index is 972. The Labute approximate surface area is 188 Å². The van der Waals surface area contributed by atoms with Gasteiger partial charge >= 0.3 is 6.03 Å². The lowest BCUT2D eigenvalue weighted by Gasteiger charge is -2.24. The number of methoxy groups -OCH3 is 1. The highest BCUT2D eigenvalue weighted by Crippen LogP contribution is 2.18. The molecule has 3 rings (SSSR count). The molecular weight excluding hydrogens is 414 g/mol. The molecule has 0 saturated carbocycles. The highest BCUT2D eigenvalue weighted by molar-refractivity contribution is 6.30. The van der Waals surface area contributed by atoms with Crippen molar-refractivity contribution in [2.45, 2.75) is 20.0 Å². The molecule has 0 spiro atoms. The summed E-state index contributed by atoms with van der Waals surface area (Å²) in [4.78, 5) is 14.7. The topological polar surface area (TPSA) is 55.7 Å². The number of nitrogens with one attached hydrogen (secondary N) is 1. The van der Waals surface area contributed by atoms with Crippen molar-refractivity contribution >= 4 is 23.3 Å². The second-order valence-corrected chi connectivity index (χ2v) is 7.50. The molecule has 164 valence electrons. The Hall–Kier alpha value is -2.96. The third kappa shape index (κ3) is 6.77. The van der Waals surface area contributed by atoms with Crippen LogP contribution in [0.1, 0.15) is 18.2 Å². The number of urea groups is 1. The lowest BCUT2D eigenvalue weighted by Crippen LogP contribution is -2.37. The number of rotatable bonds is 10. The average Bonchev–Trinajstić information content (AvgIpc) is 3.19. The fourth-order valence-corrected chi connectivity index (χ4v) is 3.45. The van der Waals surface area contributed by atoms with Crippen molar-refractivity contribution in [3.63, 3.8) is 0 Å². The van der Waals surface area contributed by atoms with E-state index in [0.29, 0.717) is 43.6 Å². The molecule has 0 atom stereocenters. The fraction of sp³-hybridized carbons (Fsp3) is 0.292. The van der Waals surface area contributed by atoms with Gasteiger partial charge < -0.3 is 24.3 Å². The van der Waals surface area contributed by atoms with Gasteiger partial charge in [0.2, 0.25) is 0 Å². The minimum absolute atomic E-state index is 0.184. The van der Waals surface area contributed by atoms with Crippen molar-refractivity contribution in [2.24, 2.45) is 0 Å². The van der Waals surface area contributed by atoms with Gasteiger partial charge in [0.15, 0.2) is 0 Å². The summed E-state index contributed by atoms with van der Waals surface area (Å²) < 4.78 is 12.8. The summed E-state index contributed by atoms with van der Waals surface area (Å²) in [6, 6.07) is 19.0. The second kappa shape index (κ2) is 11.4. The van der Waals surface area contributed by atoms with Crippen LogP contribution in [0.15, 0.2) is 66.9 Å². The van der Waals surface area contributed by atoms with Crippen molar-refractivity contribution in [3.05, 3.63) is 83.1 Å². The maximum absolute atomic E-state index is 13.0. The zero-order valence-electron chi connectivity index (χ0n) is 17.9. The number of carbonyl (C=O) groups is 1. The molecule has 1 aromatic heterocycles. The van der Waals surface area contributed by atoms with Crippen LogP contribution in [0.4, 0.5) is 10.5 Å². The minimum Gasteiger partial charge on any atom is -0.494 e. The van der Waals surface area contributed by atoms with Gasteiger partial charge in [-0.2, -0.15) is 0 Å². The first-order valence-electron chi connectivity index (χ1n) is 10.2. The van der Waals surface area contributed by atoms with E-state index in [1.54, 1.807) is 12.0 Å². The summed E-state index contributed by atoms with van der Waals surface area (Å²) in [5.41, 5.74) is 2.84. The van der Waals surface area contributed by atoms with E-state index in [1.807, 2.05) is 73.8 Å². The average molecular weight is 442 g/mol. The number of ether oxygens (including phenoxy) is 2. The lowest BCUT2D eigenvalue weighted by atomic mass is 10.2. The Morgan fingerprint density at radius 1 is 1.13 bits per heavy atom. The van der Waals surface area contributed by atoms with E-state index in [9.17, 15) is 4.79 Å². The molecule has 2 aromatic carbocycles. The molecule has 7 heteroatoms. The molecule has 0 aliphatic rings. The number of carbonyl (C=O) groups excluding carboxylic acids is 1. The van der Waals surface area contributed by atoms with Crippen molar-refractivity contribution < 1.29 is 14.3 Å². The van der Waals surface area contributed by atoms with Crippen LogP contribution in [0.25, 0.3) is 0 Å². The van der Waals surface area contributed by atoms with Gasteiger partial charge in [-0.3, -0.25) is 0 Å². The molecule has 1 N–H and O–H groups in total. The highest BCUT2D eigenvalue weighted by Gasteiger charge is 2.16. The van der Waals surface area contributed by atoms with Gasteiger partial charge in [-0.15, -0.1) is 0 Å². The lowest BCUT2D eigenvalue weighted by molar-refractivity contribution is 0.152. The predicted molar refractivity (Wildman–Crippen MR) is 124 cm³/mol. The molecule has 3 aromatic rings. The van der Waals surface area contributed by atoms with E-state index in [1.165, 1.54) is 0 Å². The minimum atomic E-state index is -0.184. The number of benzene rings is 2. The van der Waals surface area contributed by atoms with Crippen molar-refractivity contribution in [2.75, 3.05) is 32.2 Å². The van der Waals surface area contributed by atoms with Gasteiger partial charge in [-0.1, -0.05) is 23.7 Å². The van der Waals surface area contributed by atoms with Crippen LogP contribution < -0.4 is 10.1 Å². The maximum atomic E-state index is 13.0. The molecule has 0 aliphatic carbocycles. The molecule has 31 heavy (non-hydrogen) atoms. The molecule has 0 unspecified atom stereocenters. The monoisotopic (exact) mass is 441 g/mol. The highest BCUT2D eigenvalue weighted by atomic mass is 35.5. The Balaban J connectivity index is 1.69. The van der Waals surface area contributed by atoms with Gasteiger partial charge in [0.05, 0.1) is 19.8 Å². The third-order valence-electron chi connectivity index (χ3n) is 4.79. The van der Waals surface area contributed by atoms with E-state index >= 15 is 0 Å². The van der Waals surface area contributed by atoms with Crippen LogP contribution in [0.2, 0.25) is 5.02 Å². The molecular formula is C24H28ClN3O3. The van der Waals surface area contributed by atoms with E-state index in [0.717, 1.165) is 17.0 Å². The number of hydrogen-bond acceptors (Lipinski definition) is 3. The van der Waals surface area contributed by atoms with E-state index in [4.69, 9.17) is 21.1 Å². The summed E-state index contributed by atoms with van der Waals surface area (Å²) in [5, 5.41) is 3.67. The Morgan fingerprint density at radius 2 is 1.94 bits per heavy atom. The number of hydrogen-bond donors (Lipinski definition) is 1. The van der Waals surface area contributed by atoms with E-state index in [-0.39, 0.29) is 6.03 Å². The summed E-state index contributed by atoms with van der Waals surface area (Å²) in [6.07, 6.45) is 2.01. The summed E-state index contributed by atoms with van der Waals surface area (Å²) >= 11 is 6.12. The predicted octanol–water partition coefficient (Wildman–Crippen LogP) is 5.27. The first-order valence-corrected chi connectivity index (χ1v) is 10.6. The molecule has 2 amide bonds. The van der Waals surface area contributed by atoms with Crippen LogP contribution in [-0.2, 0) is 17.8 Å². The molecule has 6 nitrogen and oxygen atoms in total. The molecule has 0 saturated heterocycles. The second-order valence-electron chi connectivity index (χ2n) is 7.06. The number of anilines is 1. The normalized spacial score (nSPS) is 10.7. The number of halogens is 1. The van der Waals surface area contributed by atoms with Gasteiger partial charge in [0.1, 0.15) is 5.75 Å². The third-order valence-corrected chi connectivity index (χ3v) is 5.02. The van der Waals surface area contributed by atoms with Crippen molar-refractivity contribution in [1.82, 2.24) is 9.47 Å². The first-order chi connectivity index (χ1) is 15.1. The van der Waals surface area contributed by atoms with Gasteiger partial charge in [-0.05, 0) is 61.0 Å². The Morgan fingerprint density at radius 3 is 2.65 bits per heavy atom. The van der Waals surface area contributed by atoms with Crippen LogP contribution >= 0.6 is 11.6 Å². The van der Waals surface area contributed by atoms with Gasteiger partial charge in [0.25, 0.3) is 0 Å². The molecule has 1 heterocycles. The van der Waals surface area contributed by atoms with Gasteiger partial charge in [0, 0.05) is 42.8 Å². The largest absolute Gasteiger partial charge is 0.494 e. The number of aromatic nitrogens is 1. The quantitative estimate of drug-likeness (QED) is 0.466. The van der Waals surface area contributed by atoms with Crippen LogP contribution in [0.3, 0.4) is 0 Å². The van der Waals surface area contributed by atoms with E-state index < -0.39 is 0 Å². The SMILES string of the molecule is CCOc1ccc(NC(=O)N(CCOC)Cc2cccn2Cc2cccc(Cl)c2)cc1. The molecule has 0 fully saturated rings. The maximum Gasteiger partial charge on any atom is 0.322 e. The smallest absolute Gasteiger partial charge is 0.322 e. The molecule has 0 bridgehead atoms. The summed E-state index contributed by atoms with van der Waals surface area (Å²) in [5.74, 6) is 0.774. The Kier molecular flexibility index (Phi) is 8.38. The van der Waals surface area contributed by atoms with Crippen LogP contribution in [-0.4, -0.2) is 42.4 Å². The van der Waals surface area contributed by atoms with Gasteiger partial charge in [-0.25, -0.2) is 4.79 Å². The van der Waals surface area contributed by atoms with Crippen molar-refractivity contribution in [3.8, 4) is 5.75 Å². The molecule has 0 radical (unpaired) electrons. The fourth-order valence-electron chi connectivity index (χ4n) is 3.23. The summed E-state index contributed by atoms with van der Waals surface area (Å²) in [7, 11) is 1.63. The number of amides is 2. The summed E-state index contributed by atoms with van der Waals surface area (Å²) in [6.45, 7) is 4.60. The number of nitrogens with zero attached hydrogens (tertiary/aromatic N) is 2. The zero-order chi connectivity index (χ0) is 22.1. The zero-order valence-corrected chi connectivity index (χ0v) is 18.6.